The summed E-state index contributed by atoms with van der Waals surface area (Å²) >= 11 is 1.91. The Hall–Kier alpha value is -0.750. The van der Waals surface area contributed by atoms with Gasteiger partial charge < -0.3 is 14.5 Å². The number of amides is 2. The highest BCUT2D eigenvalue weighted by Gasteiger charge is 2.53. The van der Waals surface area contributed by atoms with Gasteiger partial charge in [0.2, 0.25) is 11.8 Å². The minimum atomic E-state index is 0.00841. The summed E-state index contributed by atoms with van der Waals surface area (Å²) in [6, 6.07) is 0. The summed E-state index contributed by atoms with van der Waals surface area (Å²) in [5.41, 5.74) is 0. The molecule has 2 saturated heterocycles. The highest BCUT2D eigenvalue weighted by molar-refractivity contribution is 8.01. The first-order chi connectivity index (χ1) is 9.90. The Morgan fingerprint density at radius 2 is 2.05 bits per heavy atom. The second-order valence-corrected chi connectivity index (χ2v) is 8.42. The topological polar surface area (TPSA) is 49.9 Å². The zero-order valence-electron chi connectivity index (χ0n) is 13.0. The van der Waals surface area contributed by atoms with Crippen molar-refractivity contribution in [2.24, 2.45) is 11.8 Å². The molecule has 5 nitrogen and oxygen atoms in total. The molecule has 0 aromatic rings. The molecule has 2 aliphatic heterocycles. The molecule has 0 unspecified atom stereocenters. The predicted molar refractivity (Wildman–Crippen MR) is 82.1 cm³/mol. The van der Waals surface area contributed by atoms with E-state index in [1.54, 1.807) is 19.0 Å². The molecule has 1 spiro atoms. The Labute approximate surface area is 130 Å². The molecule has 3 fully saturated rings. The Morgan fingerprint density at radius 3 is 2.62 bits per heavy atom. The van der Waals surface area contributed by atoms with Crippen LogP contribution >= 0.6 is 11.8 Å². The van der Waals surface area contributed by atoms with Gasteiger partial charge in [-0.2, -0.15) is 0 Å². The first-order valence-corrected chi connectivity index (χ1v) is 8.63. The van der Waals surface area contributed by atoms with E-state index in [9.17, 15) is 9.59 Å². The van der Waals surface area contributed by atoms with Crippen molar-refractivity contribution < 1.29 is 14.3 Å². The lowest BCUT2D eigenvalue weighted by Gasteiger charge is -2.47. The van der Waals surface area contributed by atoms with Crippen LogP contribution < -0.4 is 0 Å². The van der Waals surface area contributed by atoms with E-state index in [0.717, 1.165) is 31.7 Å². The summed E-state index contributed by atoms with van der Waals surface area (Å²) in [6.07, 6.45) is 2.17. The highest BCUT2D eigenvalue weighted by Crippen LogP contribution is 2.48. The van der Waals surface area contributed by atoms with E-state index in [4.69, 9.17) is 4.74 Å². The minimum Gasteiger partial charge on any atom is -0.367 e. The van der Waals surface area contributed by atoms with E-state index < -0.39 is 0 Å². The van der Waals surface area contributed by atoms with Crippen LogP contribution in [-0.2, 0) is 14.3 Å². The summed E-state index contributed by atoms with van der Waals surface area (Å²) in [7, 11) is 3.48. The molecule has 2 heterocycles. The summed E-state index contributed by atoms with van der Waals surface area (Å²) < 4.78 is 5.91. The van der Waals surface area contributed by atoms with E-state index in [-0.39, 0.29) is 23.4 Å². The van der Waals surface area contributed by atoms with E-state index >= 15 is 0 Å². The van der Waals surface area contributed by atoms with Crippen molar-refractivity contribution >= 4 is 23.6 Å². The first-order valence-electron chi connectivity index (χ1n) is 7.65. The maximum Gasteiger partial charge on any atom is 0.248 e. The fraction of sp³-hybridized carbons (Fsp3) is 0.867. The van der Waals surface area contributed by atoms with Gasteiger partial charge >= 0.3 is 0 Å². The number of likely N-dealkylation sites (tertiary alicyclic amines) is 1. The van der Waals surface area contributed by atoms with Crippen LogP contribution in [0.15, 0.2) is 0 Å². The number of carbonyl (C=O) groups is 2. The fourth-order valence-electron chi connectivity index (χ4n) is 3.15. The van der Waals surface area contributed by atoms with Gasteiger partial charge in [-0.05, 0) is 18.8 Å². The number of hydrogen-bond donors (Lipinski definition) is 0. The molecule has 1 aliphatic carbocycles. The van der Waals surface area contributed by atoms with Crippen molar-refractivity contribution in [1.82, 2.24) is 9.80 Å². The van der Waals surface area contributed by atoms with Crippen LogP contribution in [-0.4, -0.2) is 72.0 Å². The maximum atomic E-state index is 12.1. The third-order valence-electron chi connectivity index (χ3n) is 4.81. The summed E-state index contributed by atoms with van der Waals surface area (Å²) in [4.78, 5) is 27.2. The number of nitrogens with zero attached hydrogens (tertiary/aromatic N) is 2. The van der Waals surface area contributed by atoms with E-state index in [2.05, 4.69) is 6.92 Å². The van der Waals surface area contributed by atoms with Gasteiger partial charge in [0.05, 0.1) is 10.9 Å². The number of likely N-dealkylation sites (N-methyl/N-ethyl adjacent to an activating group) is 1. The van der Waals surface area contributed by atoms with Gasteiger partial charge in [0, 0.05) is 38.9 Å². The van der Waals surface area contributed by atoms with Crippen LogP contribution in [0, 0.1) is 11.8 Å². The third kappa shape index (κ3) is 3.06. The largest absolute Gasteiger partial charge is 0.367 e. The van der Waals surface area contributed by atoms with E-state index in [1.165, 1.54) is 0 Å². The van der Waals surface area contributed by atoms with Crippen LogP contribution in [0.5, 0.6) is 0 Å². The maximum absolute atomic E-state index is 12.1. The molecule has 3 atom stereocenters. The van der Waals surface area contributed by atoms with Crippen molar-refractivity contribution in [3.8, 4) is 0 Å². The molecule has 0 radical (unpaired) electrons. The summed E-state index contributed by atoms with van der Waals surface area (Å²) in [5, 5.41) is 0. The monoisotopic (exact) mass is 312 g/mol. The van der Waals surface area contributed by atoms with Gasteiger partial charge in [-0.1, -0.05) is 6.92 Å². The van der Waals surface area contributed by atoms with Crippen molar-refractivity contribution in [2.75, 3.05) is 39.5 Å². The Bertz CT molecular complexity index is 448. The second-order valence-electron chi connectivity index (χ2n) is 6.93. The average Bonchev–Trinajstić information content (AvgIpc) is 2.98. The quantitative estimate of drug-likeness (QED) is 0.772. The molecule has 3 rings (SSSR count). The second kappa shape index (κ2) is 5.47. The van der Waals surface area contributed by atoms with Gasteiger partial charge in [-0.25, -0.2) is 0 Å². The molecule has 6 heteroatoms. The van der Waals surface area contributed by atoms with Crippen LogP contribution in [0.2, 0.25) is 0 Å². The van der Waals surface area contributed by atoms with Gasteiger partial charge in [-0.15, -0.1) is 11.8 Å². The van der Waals surface area contributed by atoms with Crippen molar-refractivity contribution in [1.29, 1.82) is 0 Å². The molecular formula is C15H24N2O3S. The van der Waals surface area contributed by atoms with Crippen LogP contribution in [0.3, 0.4) is 0 Å². The number of carbonyl (C=O) groups excluding carboxylic acids is 2. The number of thioether (sulfide) groups is 1. The fourth-order valence-corrected chi connectivity index (χ4v) is 4.71. The SMILES string of the molecule is C[C@@H]1C[C@@H]1C(=O)N1CC2(C[C@H](OCC(=O)N(C)C)CS2)C1. The zero-order valence-corrected chi connectivity index (χ0v) is 13.8. The predicted octanol–water partition coefficient (Wildman–Crippen LogP) is 0.834. The van der Waals surface area contributed by atoms with Gasteiger partial charge in [0.1, 0.15) is 6.61 Å². The van der Waals surface area contributed by atoms with E-state index in [1.807, 2.05) is 16.7 Å². The Balaban J connectivity index is 1.41. The van der Waals surface area contributed by atoms with Crippen molar-refractivity contribution in [3.05, 3.63) is 0 Å². The molecule has 2 amide bonds. The molecule has 0 aromatic carbocycles. The molecule has 0 N–H and O–H groups in total. The summed E-state index contributed by atoms with van der Waals surface area (Å²) in [5.74, 6) is 2.16. The molecular weight excluding hydrogens is 288 g/mol. The third-order valence-corrected chi connectivity index (χ3v) is 6.39. The lowest BCUT2D eigenvalue weighted by Crippen LogP contribution is -2.61. The molecule has 0 bridgehead atoms. The lowest BCUT2D eigenvalue weighted by atomic mass is 9.92. The normalized spacial score (nSPS) is 32.9. The number of ether oxygens (including phenoxy) is 1. The molecule has 21 heavy (non-hydrogen) atoms. The van der Waals surface area contributed by atoms with E-state index in [0.29, 0.717) is 17.7 Å². The Morgan fingerprint density at radius 1 is 1.38 bits per heavy atom. The minimum absolute atomic E-state index is 0.00841. The molecule has 118 valence electrons. The molecule has 3 aliphatic rings. The molecule has 0 aromatic heterocycles. The molecule has 1 saturated carbocycles. The Kier molecular flexibility index (Phi) is 3.94. The van der Waals surface area contributed by atoms with Crippen LogP contribution in [0.4, 0.5) is 0 Å². The van der Waals surface area contributed by atoms with Crippen LogP contribution in [0.25, 0.3) is 0 Å². The van der Waals surface area contributed by atoms with Gasteiger partial charge in [0.25, 0.3) is 0 Å². The first kappa shape index (κ1) is 15.2. The number of rotatable bonds is 4. The van der Waals surface area contributed by atoms with Crippen molar-refractivity contribution in [2.45, 2.75) is 30.6 Å². The van der Waals surface area contributed by atoms with Crippen molar-refractivity contribution in [3.63, 3.8) is 0 Å². The van der Waals surface area contributed by atoms with Crippen LogP contribution in [0.1, 0.15) is 19.8 Å². The van der Waals surface area contributed by atoms with Gasteiger partial charge in [0.15, 0.2) is 0 Å². The number of hydrogen-bond acceptors (Lipinski definition) is 4. The summed E-state index contributed by atoms with van der Waals surface area (Å²) in [6.45, 7) is 4.03. The lowest BCUT2D eigenvalue weighted by molar-refractivity contribution is -0.138. The standard InChI is InChI=1S/C15H24N2O3S/c1-10-4-12(10)14(19)17-8-15(9-17)5-11(7-21-15)20-6-13(18)16(2)3/h10-12H,4-9H2,1-3H3/t10-,11+,12+/m1/s1. The smallest absolute Gasteiger partial charge is 0.248 e. The van der Waals surface area contributed by atoms with Gasteiger partial charge in [-0.3, -0.25) is 9.59 Å². The zero-order chi connectivity index (χ0) is 15.2. The average molecular weight is 312 g/mol. The highest BCUT2D eigenvalue weighted by atomic mass is 32.2.